The molecular formula is C26H39N5OS. The second-order valence-electron chi connectivity index (χ2n) is 10.8. The van der Waals surface area contributed by atoms with Crippen LogP contribution in [0.4, 0.5) is 0 Å². The van der Waals surface area contributed by atoms with E-state index in [0.29, 0.717) is 24.0 Å². The fourth-order valence-electron chi connectivity index (χ4n) is 6.60. The molecule has 1 saturated carbocycles. The van der Waals surface area contributed by atoms with Gasteiger partial charge in [0.15, 0.2) is 0 Å². The Labute approximate surface area is 202 Å². The number of piperidine rings is 1. The normalized spacial score (nSPS) is 26.8. The average molecular weight is 470 g/mol. The van der Waals surface area contributed by atoms with Crippen molar-refractivity contribution in [3.8, 4) is 0 Å². The average Bonchev–Trinajstić information content (AvgIpc) is 3.59. The van der Waals surface area contributed by atoms with E-state index in [1.54, 1.807) is 11.3 Å². The van der Waals surface area contributed by atoms with Crippen molar-refractivity contribution < 1.29 is 4.79 Å². The molecule has 3 fully saturated rings. The van der Waals surface area contributed by atoms with Crippen molar-refractivity contribution >= 4 is 17.2 Å². The van der Waals surface area contributed by atoms with E-state index < -0.39 is 0 Å². The summed E-state index contributed by atoms with van der Waals surface area (Å²) >= 11 is 1.73. The zero-order chi connectivity index (χ0) is 22.9. The van der Waals surface area contributed by atoms with Crippen LogP contribution in [0.25, 0.3) is 0 Å². The van der Waals surface area contributed by atoms with Crippen molar-refractivity contribution in [2.75, 3.05) is 6.54 Å². The summed E-state index contributed by atoms with van der Waals surface area (Å²) in [5, 5.41) is 16.7. The van der Waals surface area contributed by atoms with Crippen LogP contribution in [0.15, 0.2) is 16.8 Å². The molecule has 1 amide bonds. The number of carbonyl (C=O) groups excluding carboxylic acids is 1. The van der Waals surface area contributed by atoms with Crippen LogP contribution < -0.4 is 5.32 Å². The third kappa shape index (κ3) is 4.76. The summed E-state index contributed by atoms with van der Waals surface area (Å²) in [6, 6.07) is 4.09. The third-order valence-electron chi connectivity index (χ3n) is 8.30. The van der Waals surface area contributed by atoms with Crippen molar-refractivity contribution in [3.63, 3.8) is 0 Å². The predicted octanol–water partition coefficient (Wildman–Crippen LogP) is 5.38. The Hall–Kier alpha value is -1.73. The quantitative estimate of drug-likeness (QED) is 0.564. The van der Waals surface area contributed by atoms with Gasteiger partial charge >= 0.3 is 0 Å². The summed E-state index contributed by atoms with van der Waals surface area (Å²) in [4.78, 5) is 15.7. The first-order valence-electron chi connectivity index (χ1n) is 13.0. The highest BCUT2D eigenvalue weighted by atomic mass is 32.1. The molecule has 0 radical (unpaired) electrons. The number of amides is 1. The van der Waals surface area contributed by atoms with Gasteiger partial charge in [-0.1, -0.05) is 26.7 Å². The lowest BCUT2D eigenvalue weighted by Gasteiger charge is -2.40. The number of nitrogens with one attached hydrogen (secondary N) is 1. The first-order valence-corrected chi connectivity index (χ1v) is 13.9. The van der Waals surface area contributed by atoms with Gasteiger partial charge < -0.3 is 9.88 Å². The number of fused-ring (bicyclic) bond motifs is 2. The molecule has 2 bridgehead atoms. The van der Waals surface area contributed by atoms with E-state index in [2.05, 4.69) is 62.6 Å². The molecule has 1 aliphatic carbocycles. The highest BCUT2D eigenvalue weighted by Gasteiger charge is 2.42. The molecule has 6 nitrogen and oxygen atoms in total. The molecule has 180 valence electrons. The van der Waals surface area contributed by atoms with Crippen LogP contribution in [0.2, 0.25) is 0 Å². The van der Waals surface area contributed by atoms with Crippen LogP contribution >= 0.6 is 11.3 Å². The lowest BCUT2D eigenvalue weighted by Crippen LogP contribution is -2.45. The molecule has 1 N–H and O–H groups in total. The lowest BCUT2D eigenvalue weighted by atomic mass is 9.95. The number of hydrogen-bond donors (Lipinski definition) is 1. The molecule has 3 atom stereocenters. The smallest absolute Gasteiger partial charge is 0.223 e. The second-order valence-corrected chi connectivity index (χ2v) is 11.5. The van der Waals surface area contributed by atoms with Crippen molar-refractivity contribution in [3.05, 3.63) is 34.0 Å². The molecule has 4 heterocycles. The molecule has 2 aliphatic heterocycles. The Morgan fingerprint density at radius 2 is 1.85 bits per heavy atom. The van der Waals surface area contributed by atoms with Gasteiger partial charge in [0.2, 0.25) is 5.91 Å². The summed E-state index contributed by atoms with van der Waals surface area (Å²) in [6.45, 7) is 7.60. The van der Waals surface area contributed by atoms with E-state index in [1.165, 1.54) is 44.1 Å². The van der Waals surface area contributed by atoms with Gasteiger partial charge in [0.25, 0.3) is 0 Å². The highest BCUT2D eigenvalue weighted by Crippen LogP contribution is 2.42. The molecule has 0 aromatic carbocycles. The first-order chi connectivity index (χ1) is 16.0. The van der Waals surface area contributed by atoms with Gasteiger partial charge in [0.05, 0.1) is 6.04 Å². The second kappa shape index (κ2) is 9.87. The summed E-state index contributed by atoms with van der Waals surface area (Å²) in [5.74, 6) is 3.09. The highest BCUT2D eigenvalue weighted by molar-refractivity contribution is 7.08. The number of hydrogen-bond acceptors (Lipinski definition) is 5. The zero-order valence-corrected chi connectivity index (χ0v) is 21.2. The van der Waals surface area contributed by atoms with Gasteiger partial charge in [-0.15, -0.1) is 10.2 Å². The standard InChI is InChI=1S/C26H39N5OS/c1-17(2)25-29-28-18(3)31(25)23-14-21-8-9-22(15-23)30(21)12-10-24(20-11-13-33-16-20)27-26(32)19-6-4-5-7-19/h11,13,16-17,19,21-24H,4-10,12,14-15H2,1-3H3,(H,27,32)/t21-,22-,24-/m0/s1. The minimum absolute atomic E-state index is 0.133. The van der Waals surface area contributed by atoms with E-state index >= 15 is 0 Å². The van der Waals surface area contributed by atoms with Crippen molar-refractivity contribution in [1.82, 2.24) is 25.0 Å². The van der Waals surface area contributed by atoms with Gasteiger partial charge in [-0.2, -0.15) is 11.3 Å². The van der Waals surface area contributed by atoms with E-state index in [1.807, 2.05) is 0 Å². The predicted molar refractivity (Wildman–Crippen MR) is 132 cm³/mol. The molecule has 2 saturated heterocycles. The molecule has 7 heteroatoms. The number of aryl methyl sites for hydroxylation is 1. The number of carbonyl (C=O) groups is 1. The molecule has 2 aromatic heterocycles. The third-order valence-corrected chi connectivity index (χ3v) is 9.00. The topological polar surface area (TPSA) is 63.1 Å². The zero-order valence-electron chi connectivity index (χ0n) is 20.4. The Bertz CT molecular complexity index is 919. The van der Waals surface area contributed by atoms with Crippen LogP contribution in [0, 0.1) is 12.8 Å². The van der Waals surface area contributed by atoms with Crippen molar-refractivity contribution in [1.29, 1.82) is 0 Å². The number of thiophene rings is 1. The summed E-state index contributed by atoms with van der Waals surface area (Å²) in [5.41, 5.74) is 1.27. The molecule has 0 spiro atoms. The largest absolute Gasteiger partial charge is 0.349 e. The maximum absolute atomic E-state index is 12.9. The Balaban J connectivity index is 1.24. The van der Waals surface area contributed by atoms with Gasteiger partial charge in [-0.05, 0) is 74.3 Å². The van der Waals surface area contributed by atoms with Gasteiger partial charge in [-0.25, -0.2) is 0 Å². The molecule has 33 heavy (non-hydrogen) atoms. The van der Waals surface area contributed by atoms with Crippen molar-refractivity contribution in [2.24, 2.45) is 5.92 Å². The summed E-state index contributed by atoms with van der Waals surface area (Å²) in [7, 11) is 0. The number of rotatable bonds is 8. The van der Waals surface area contributed by atoms with E-state index in [4.69, 9.17) is 0 Å². The molecule has 3 aliphatic rings. The summed E-state index contributed by atoms with van der Waals surface area (Å²) < 4.78 is 2.43. The number of nitrogens with zero attached hydrogens (tertiary/aromatic N) is 4. The minimum atomic E-state index is 0.133. The van der Waals surface area contributed by atoms with E-state index in [0.717, 1.165) is 37.5 Å². The maximum Gasteiger partial charge on any atom is 0.223 e. The van der Waals surface area contributed by atoms with Gasteiger partial charge in [-0.3, -0.25) is 9.69 Å². The Morgan fingerprint density at radius 3 is 2.48 bits per heavy atom. The van der Waals surface area contributed by atoms with Crippen LogP contribution in [-0.4, -0.2) is 44.2 Å². The monoisotopic (exact) mass is 469 g/mol. The van der Waals surface area contributed by atoms with Crippen LogP contribution in [0.3, 0.4) is 0 Å². The van der Waals surface area contributed by atoms with E-state index in [9.17, 15) is 4.79 Å². The Morgan fingerprint density at radius 1 is 1.12 bits per heavy atom. The van der Waals surface area contributed by atoms with Crippen LogP contribution in [0.1, 0.15) is 107 Å². The number of aromatic nitrogens is 3. The fourth-order valence-corrected chi connectivity index (χ4v) is 7.32. The summed E-state index contributed by atoms with van der Waals surface area (Å²) in [6.07, 6.45) is 10.5. The van der Waals surface area contributed by atoms with Crippen LogP contribution in [-0.2, 0) is 4.79 Å². The molecule has 5 rings (SSSR count). The van der Waals surface area contributed by atoms with Crippen LogP contribution in [0.5, 0.6) is 0 Å². The van der Waals surface area contributed by atoms with Gasteiger partial charge in [0, 0.05) is 36.5 Å². The maximum atomic E-state index is 12.9. The SMILES string of the molecule is Cc1nnc(C(C)C)n1C1C[C@@H]2CC[C@@H](C1)N2CC[C@H](NC(=O)C1CCCC1)c1ccsc1. The minimum Gasteiger partial charge on any atom is -0.349 e. The fraction of sp³-hybridized carbons (Fsp3) is 0.731. The molecule has 0 unspecified atom stereocenters. The first kappa shape index (κ1) is 23.0. The molecule has 2 aromatic rings. The van der Waals surface area contributed by atoms with E-state index in [-0.39, 0.29) is 17.9 Å². The lowest BCUT2D eigenvalue weighted by molar-refractivity contribution is -0.125. The molecular weight excluding hydrogens is 430 g/mol. The Kier molecular flexibility index (Phi) is 6.89. The van der Waals surface area contributed by atoms with Gasteiger partial charge in [0.1, 0.15) is 11.6 Å². The van der Waals surface area contributed by atoms with Crippen molar-refractivity contribution in [2.45, 2.75) is 109 Å².